The molecule has 0 N–H and O–H groups in total. The fourth-order valence-electron chi connectivity index (χ4n) is 12.0. The van der Waals surface area contributed by atoms with Gasteiger partial charge in [-0.15, -0.1) is 0 Å². The third-order valence-corrected chi connectivity index (χ3v) is 14.4. The Labute approximate surface area is 354 Å². The third-order valence-electron chi connectivity index (χ3n) is 14.4. The van der Waals surface area contributed by atoms with Gasteiger partial charge in [0, 0.05) is 32.7 Å². The summed E-state index contributed by atoms with van der Waals surface area (Å²) in [6.45, 7) is 2.15. The van der Waals surface area contributed by atoms with Gasteiger partial charge in [0.1, 0.15) is 22.3 Å². The second-order valence-electron chi connectivity index (χ2n) is 18.3. The van der Waals surface area contributed by atoms with Crippen LogP contribution in [-0.2, 0) is 5.41 Å². The molecule has 4 aliphatic rings. The smallest absolute Gasteiger partial charge is 0.167 e. The molecule has 4 bridgehead atoms. The first-order valence-electron chi connectivity index (χ1n) is 21.9. The van der Waals surface area contributed by atoms with Gasteiger partial charge in [-0.3, -0.25) is 0 Å². The Kier molecular flexibility index (Phi) is 7.64. The van der Waals surface area contributed by atoms with Crippen LogP contribution in [0.3, 0.4) is 0 Å². The Bertz CT molecular complexity index is 3340. The van der Waals surface area contributed by atoms with Crippen molar-refractivity contribution in [3.05, 3.63) is 163 Å². The molecule has 4 aliphatic carbocycles. The number of furan rings is 2. The molecule has 0 amide bonds. The summed E-state index contributed by atoms with van der Waals surface area (Å²) in [5.74, 6) is 4.44. The Morgan fingerprint density at radius 3 is 1.75 bits per heavy atom. The second kappa shape index (κ2) is 13.3. The monoisotopic (exact) mass is 789 g/mol. The summed E-state index contributed by atoms with van der Waals surface area (Å²) in [5.41, 5.74) is 13.5. The van der Waals surface area contributed by atoms with Gasteiger partial charge >= 0.3 is 0 Å². The first kappa shape index (κ1) is 35.0. The summed E-state index contributed by atoms with van der Waals surface area (Å²) < 4.78 is 13.1. The van der Waals surface area contributed by atoms with Crippen LogP contribution < -0.4 is 0 Å². The van der Waals surface area contributed by atoms with Crippen molar-refractivity contribution < 1.29 is 8.83 Å². The molecular weight excluding hydrogens is 747 g/mol. The molecule has 10 aromatic rings. The van der Waals surface area contributed by atoms with Gasteiger partial charge in [-0.1, -0.05) is 109 Å². The van der Waals surface area contributed by atoms with E-state index in [0.29, 0.717) is 22.9 Å². The van der Waals surface area contributed by atoms with Gasteiger partial charge in [0.2, 0.25) is 0 Å². The highest BCUT2D eigenvalue weighted by molar-refractivity contribution is 6.11. The zero-order chi connectivity index (χ0) is 40.2. The summed E-state index contributed by atoms with van der Waals surface area (Å²) in [7, 11) is 0. The first-order chi connectivity index (χ1) is 30.0. The molecule has 5 nitrogen and oxygen atoms in total. The van der Waals surface area contributed by atoms with E-state index in [1.165, 1.54) is 60.8 Å². The lowest BCUT2D eigenvalue weighted by Gasteiger charge is -2.57. The van der Waals surface area contributed by atoms with Crippen molar-refractivity contribution >= 4 is 43.9 Å². The summed E-state index contributed by atoms with van der Waals surface area (Å²) >= 11 is 0. The van der Waals surface area contributed by atoms with Crippen molar-refractivity contribution in [2.75, 3.05) is 0 Å². The molecule has 0 unspecified atom stereocenters. The van der Waals surface area contributed by atoms with Crippen LogP contribution in [-0.4, -0.2) is 15.0 Å². The second-order valence-corrected chi connectivity index (χ2v) is 18.3. The lowest BCUT2D eigenvalue weighted by atomic mass is 9.48. The number of hydrogen-bond acceptors (Lipinski definition) is 5. The predicted molar refractivity (Wildman–Crippen MR) is 246 cm³/mol. The van der Waals surface area contributed by atoms with Gasteiger partial charge < -0.3 is 8.83 Å². The van der Waals surface area contributed by atoms with E-state index in [4.69, 9.17) is 23.8 Å². The van der Waals surface area contributed by atoms with Crippen molar-refractivity contribution in [2.45, 2.75) is 50.9 Å². The van der Waals surface area contributed by atoms with Crippen molar-refractivity contribution in [2.24, 2.45) is 17.8 Å². The average Bonchev–Trinajstić information content (AvgIpc) is 3.86. The third kappa shape index (κ3) is 5.70. The summed E-state index contributed by atoms with van der Waals surface area (Å²) in [5, 5.41) is 4.26. The summed E-state index contributed by atoms with van der Waals surface area (Å²) in [6.07, 6.45) is 8.42. The maximum Gasteiger partial charge on any atom is 0.167 e. The molecule has 4 saturated carbocycles. The van der Waals surface area contributed by atoms with E-state index in [1.807, 2.05) is 30.3 Å². The largest absolute Gasteiger partial charge is 0.456 e. The fourth-order valence-corrected chi connectivity index (χ4v) is 12.0. The first-order valence-corrected chi connectivity index (χ1v) is 21.9. The van der Waals surface area contributed by atoms with Crippen molar-refractivity contribution in [3.63, 3.8) is 0 Å². The van der Waals surface area contributed by atoms with Gasteiger partial charge in [0.15, 0.2) is 17.5 Å². The number of para-hydroxylation sites is 2. The Morgan fingerprint density at radius 2 is 1.02 bits per heavy atom. The molecule has 0 saturated heterocycles. The van der Waals surface area contributed by atoms with Gasteiger partial charge in [-0.2, -0.15) is 0 Å². The molecule has 0 atom stereocenters. The summed E-state index contributed by atoms with van der Waals surface area (Å²) in [4.78, 5) is 15.8. The lowest BCUT2D eigenvalue weighted by molar-refractivity contribution is -0.00518. The standard InChI is InChI=1S/C56H43N3O2/c1-33-9-2-3-12-43(33)38-10-8-11-39(26-38)53-57-54(40-19-22-46-44-13-4-6-15-49(44)60-51(46)29-40)59-55(58-53)48-28-41(27-47-45-14-5-7-16-50(45)61-52(47)48)37-17-20-42(21-18-37)56-30-34-23-35(31-56)25-36(24-34)32-56/h2-22,26-29,34-36H,23-25,30-32H2,1H3. The Balaban J connectivity index is 0.997. The zero-order valence-electron chi connectivity index (χ0n) is 34.1. The number of nitrogens with zero attached hydrogens (tertiary/aromatic N) is 3. The number of aromatic nitrogens is 3. The van der Waals surface area contributed by atoms with Gasteiger partial charge in [0.25, 0.3) is 0 Å². The maximum atomic E-state index is 6.74. The van der Waals surface area contributed by atoms with E-state index in [9.17, 15) is 0 Å². The van der Waals surface area contributed by atoms with E-state index in [0.717, 1.165) is 89.4 Å². The van der Waals surface area contributed by atoms with Crippen LogP contribution in [0.5, 0.6) is 0 Å². The molecule has 5 heteroatoms. The summed E-state index contributed by atoms with van der Waals surface area (Å²) in [6, 6.07) is 53.8. The lowest BCUT2D eigenvalue weighted by Crippen LogP contribution is -2.48. The quantitative estimate of drug-likeness (QED) is 0.168. The average molecular weight is 790 g/mol. The van der Waals surface area contributed by atoms with Crippen LogP contribution >= 0.6 is 0 Å². The van der Waals surface area contributed by atoms with E-state index >= 15 is 0 Å². The molecule has 0 spiro atoms. The maximum absolute atomic E-state index is 6.74. The predicted octanol–water partition coefficient (Wildman–Crippen LogP) is 14.8. The molecule has 7 aromatic carbocycles. The van der Waals surface area contributed by atoms with Crippen LogP contribution in [0.25, 0.3) is 100 Å². The molecule has 0 radical (unpaired) electrons. The highest BCUT2D eigenvalue weighted by Crippen LogP contribution is 2.61. The van der Waals surface area contributed by atoms with Gasteiger partial charge in [0.05, 0.1) is 5.56 Å². The van der Waals surface area contributed by atoms with Crippen molar-refractivity contribution in [3.8, 4) is 56.4 Å². The molecular formula is C56H43N3O2. The Hall–Kier alpha value is -6.85. The molecule has 61 heavy (non-hydrogen) atoms. The van der Waals surface area contributed by atoms with E-state index < -0.39 is 0 Å². The van der Waals surface area contributed by atoms with E-state index in [2.05, 4.69) is 128 Å². The normalized spacial score (nSPS) is 20.7. The number of hydrogen-bond donors (Lipinski definition) is 0. The number of rotatable bonds is 6. The van der Waals surface area contributed by atoms with E-state index in [1.54, 1.807) is 0 Å². The Morgan fingerprint density at radius 1 is 0.426 bits per heavy atom. The van der Waals surface area contributed by atoms with Crippen LogP contribution in [0.4, 0.5) is 0 Å². The highest BCUT2D eigenvalue weighted by Gasteiger charge is 2.51. The van der Waals surface area contributed by atoms with Crippen LogP contribution in [0.1, 0.15) is 49.7 Å². The number of fused-ring (bicyclic) bond motifs is 6. The van der Waals surface area contributed by atoms with Crippen LogP contribution in [0.15, 0.2) is 160 Å². The SMILES string of the molecule is Cc1ccccc1-c1cccc(-c2nc(-c3ccc4c(c3)oc3ccccc34)nc(-c3cc(-c4ccc(C56CC7CC(CC(C7)C5)C6)cc4)cc4c3oc3ccccc34)n2)c1. The minimum Gasteiger partial charge on any atom is -0.456 e. The molecule has 3 heterocycles. The molecule has 4 fully saturated rings. The van der Waals surface area contributed by atoms with Crippen molar-refractivity contribution in [1.29, 1.82) is 0 Å². The molecule has 14 rings (SSSR count). The molecule has 294 valence electrons. The highest BCUT2D eigenvalue weighted by atomic mass is 16.3. The molecule has 3 aromatic heterocycles. The fraction of sp³-hybridized carbons (Fsp3) is 0.196. The zero-order valence-corrected chi connectivity index (χ0v) is 34.1. The van der Waals surface area contributed by atoms with Gasteiger partial charge in [-0.25, -0.2) is 15.0 Å². The van der Waals surface area contributed by atoms with Gasteiger partial charge in [-0.05, 0) is 144 Å². The van der Waals surface area contributed by atoms with Crippen LogP contribution in [0, 0.1) is 24.7 Å². The molecule has 0 aliphatic heterocycles. The topological polar surface area (TPSA) is 65.0 Å². The number of benzene rings is 7. The van der Waals surface area contributed by atoms with Crippen LogP contribution in [0.2, 0.25) is 0 Å². The minimum absolute atomic E-state index is 0.350. The number of aryl methyl sites for hydroxylation is 1. The minimum atomic E-state index is 0.350. The van der Waals surface area contributed by atoms with Crippen molar-refractivity contribution in [1.82, 2.24) is 15.0 Å². The van der Waals surface area contributed by atoms with E-state index in [-0.39, 0.29) is 0 Å².